The van der Waals surface area contributed by atoms with Gasteiger partial charge in [0, 0.05) is 7.11 Å². The second kappa shape index (κ2) is 3.83. The van der Waals surface area contributed by atoms with E-state index in [1.807, 2.05) is 0 Å². The number of aromatic amines is 1. The summed E-state index contributed by atoms with van der Waals surface area (Å²) in [5.41, 5.74) is 5.42. The van der Waals surface area contributed by atoms with Crippen LogP contribution in [0.2, 0.25) is 0 Å². The van der Waals surface area contributed by atoms with E-state index in [0.717, 1.165) is 12.8 Å². The minimum Gasteiger partial charge on any atom is -0.379 e. The highest BCUT2D eigenvalue weighted by Crippen LogP contribution is 2.23. The molecule has 1 aromatic rings. The topological polar surface area (TPSA) is 88.8 Å². The molecule has 0 aromatic carbocycles. The average molecular weight is 197 g/mol. The molecule has 4 N–H and O–H groups in total. The van der Waals surface area contributed by atoms with Crippen LogP contribution in [0.5, 0.6) is 0 Å². The molecule has 2 atom stereocenters. The molecule has 1 saturated carbocycles. The summed E-state index contributed by atoms with van der Waals surface area (Å²) in [5.74, 6) is 0.885. The fourth-order valence-corrected chi connectivity index (χ4v) is 1.88. The number of nitrogen functional groups attached to an aromatic ring is 1. The van der Waals surface area contributed by atoms with Gasteiger partial charge in [0.1, 0.15) is 0 Å². The Hall–Kier alpha value is -1.30. The summed E-state index contributed by atoms with van der Waals surface area (Å²) in [6.45, 7) is 0. The third kappa shape index (κ3) is 1.79. The van der Waals surface area contributed by atoms with Crippen molar-refractivity contribution in [2.45, 2.75) is 31.4 Å². The van der Waals surface area contributed by atoms with Crippen LogP contribution >= 0.6 is 0 Å². The number of hydrogen-bond donors (Lipinski definition) is 3. The molecular weight excluding hydrogens is 182 g/mol. The van der Waals surface area contributed by atoms with Crippen molar-refractivity contribution in [1.29, 1.82) is 0 Å². The lowest BCUT2D eigenvalue weighted by Gasteiger charge is -2.18. The Labute approximate surface area is 82.2 Å². The van der Waals surface area contributed by atoms with E-state index in [1.54, 1.807) is 7.11 Å². The fourth-order valence-electron chi connectivity index (χ4n) is 1.88. The van der Waals surface area contributed by atoms with Gasteiger partial charge in [-0.05, 0) is 19.3 Å². The smallest absolute Gasteiger partial charge is 0.243 e. The Bertz CT molecular complexity index is 300. The molecule has 6 nitrogen and oxygen atoms in total. The minimum atomic E-state index is 0.259. The van der Waals surface area contributed by atoms with Crippen molar-refractivity contribution in [3.05, 3.63) is 0 Å². The molecule has 2 rings (SSSR count). The summed E-state index contributed by atoms with van der Waals surface area (Å²) in [7, 11) is 1.73. The first kappa shape index (κ1) is 9.26. The molecule has 0 saturated heterocycles. The lowest BCUT2D eigenvalue weighted by Crippen LogP contribution is -2.30. The van der Waals surface area contributed by atoms with Crippen LogP contribution in [-0.4, -0.2) is 34.4 Å². The van der Waals surface area contributed by atoms with Crippen LogP contribution in [0.25, 0.3) is 0 Å². The number of anilines is 2. The lowest BCUT2D eigenvalue weighted by molar-refractivity contribution is 0.101. The second-order valence-corrected chi connectivity index (χ2v) is 3.50. The molecule has 1 fully saturated rings. The SMILES string of the molecule is COC1CCCC1Nc1n[nH]c(N)n1. The van der Waals surface area contributed by atoms with Crippen LogP contribution < -0.4 is 11.1 Å². The molecule has 0 radical (unpaired) electrons. The quantitative estimate of drug-likeness (QED) is 0.651. The fraction of sp³-hybridized carbons (Fsp3) is 0.750. The predicted octanol–water partition coefficient (Wildman–Crippen LogP) is 0.366. The number of nitrogens with two attached hydrogens (primary N) is 1. The molecule has 78 valence electrons. The number of aromatic nitrogens is 3. The van der Waals surface area contributed by atoms with Crippen molar-refractivity contribution in [3.63, 3.8) is 0 Å². The minimum absolute atomic E-state index is 0.259. The van der Waals surface area contributed by atoms with Crippen LogP contribution in [0.4, 0.5) is 11.9 Å². The second-order valence-electron chi connectivity index (χ2n) is 3.50. The zero-order chi connectivity index (χ0) is 9.97. The van der Waals surface area contributed by atoms with E-state index in [1.165, 1.54) is 6.42 Å². The van der Waals surface area contributed by atoms with E-state index < -0.39 is 0 Å². The molecule has 6 heteroatoms. The van der Waals surface area contributed by atoms with Crippen molar-refractivity contribution in [2.24, 2.45) is 0 Å². The van der Waals surface area contributed by atoms with Gasteiger partial charge >= 0.3 is 0 Å². The Morgan fingerprint density at radius 2 is 2.43 bits per heavy atom. The van der Waals surface area contributed by atoms with E-state index in [-0.39, 0.29) is 6.10 Å². The summed E-state index contributed by atoms with van der Waals surface area (Å²) in [6.07, 6.45) is 3.62. The summed E-state index contributed by atoms with van der Waals surface area (Å²) in [4.78, 5) is 3.99. The molecule has 1 aliphatic rings. The van der Waals surface area contributed by atoms with Gasteiger partial charge in [0.05, 0.1) is 12.1 Å². The molecule has 2 unspecified atom stereocenters. The molecule has 0 spiro atoms. The molecule has 0 aliphatic heterocycles. The Morgan fingerprint density at radius 1 is 1.57 bits per heavy atom. The molecule has 14 heavy (non-hydrogen) atoms. The van der Waals surface area contributed by atoms with Crippen molar-refractivity contribution < 1.29 is 4.74 Å². The first-order valence-corrected chi connectivity index (χ1v) is 4.77. The van der Waals surface area contributed by atoms with E-state index in [4.69, 9.17) is 10.5 Å². The first-order chi connectivity index (χ1) is 6.79. The summed E-state index contributed by atoms with van der Waals surface area (Å²) >= 11 is 0. The van der Waals surface area contributed by atoms with Gasteiger partial charge in [-0.2, -0.15) is 4.98 Å². The molecule has 1 aliphatic carbocycles. The number of ether oxygens (including phenoxy) is 1. The standard InChI is InChI=1S/C8H15N5O/c1-14-6-4-2-3-5(6)10-8-11-7(9)12-13-8/h5-6H,2-4H2,1H3,(H4,9,10,11,12,13). The van der Waals surface area contributed by atoms with E-state index in [9.17, 15) is 0 Å². The van der Waals surface area contributed by atoms with E-state index >= 15 is 0 Å². The van der Waals surface area contributed by atoms with Gasteiger partial charge in [-0.25, -0.2) is 5.10 Å². The zero-order valence-corrected chi connectivity index (χ0v) is 8.16. The zero-order valence-electron chi connectivity index (χ0n) is 8.16. The molecule has 1 heterocycles. The highest BCUT2D eigenvalue weighted by Gasteiger charge is 2.27. The number of rotatable bonds is 3. The van der Waals surface area contributed by atoms with Gasteiger partial charge < -0.3 is 15.8 Å². The largest absolute Gasteiger partial charge is 0.379 e. The van der Waals surface area contributed by atoms with Crippen molar-refractivity contribution in [3.8, 4) is 0 Å². The maximum Gasteiger partial charge on any atom is 0.243 e. The highest BCUT2D eigenvalue weighted by atomic mass is 16.5. The van der Waals surface area contributed by atoms with Gasteiger partial charge in [-0.1, -0.05) is 0 Å². The Balaban J connectivity index is 1.96. The lowest BCUT2D eigenvalue weighted by atomic mass is 10.2. The van der Waals surface area contributed by atoms with Gasteiger partial charge in [-0.15, -0.1) is 5.10 Å². The van der Waals surface area contributed by atoms with Gasteiger partial charge in [0.2, 0.25) is 11.9 Å². The number of hydrogen-bond acceptors (Lipinski definition) is 5. The predicted molar refractivity (Wildman–Crippen MR) is 52.9 cm³/mol. The van der Waals surface area contributed by atoms with Gasteiger partial charge in [0.25, 0.3) is 0 Å². The molecule has 0 bridgehead atoms. The van der Waals surface area contributed by atoms with Crippen molar-refractivity contribution in [2.75, 3.05) is 18.2 Å². The van der Waals surface area contributed by atoms with Crippen molar-refractivity contribution >= 4 is 11.9 Å². The highest BCUT2D eigenvalue weighted by molar-refractivity contribution is 5.31. The number of methoxy groups -OCH3 is 1. The number of H-pyrrole nitrogens is 1. The third-order valence-electron chi connectivity index (χ3n) is 2.57. The first-order valence-electron chi connectivity index (χ1n) is 4.77. The third-order valence-corrected chi connectivity index (χ3v) is 2.57. The van der Waals surface area contributed by atoms with E-state index in [2.05, 4.69) is 20.5 Å². The molecular formula is C8H15N5O. The maximum absolute atomic E-state index is 5.42. The Morgan fingerprint density at radius 3 is 3.07 bits per heavy atom. The maximum atomic E-state index is 5.42. The number of nitrogens with zero attached hydrogens (tertiary/aromatic N) is 2. The summed E-state index contributed by atoms with van der Waals surface area (Å²) in [5, 5.41) is 9.71. The van der Waals surface area contributed by atoms with Crippen LogP contribution in [-0.2, 0) is 4.74 Å². The number of nitrogens with one attached hydrogen (secondary N) is 2. The van der Waals surface area contributed by atoms with Crippen LogP contribution in [0.3, 0.4) is 0 Å². The van der Waals surface area contributed by atoms with Crippen LogP contribution in [0.15, 0.2) is 0 Å². The average Bonchev–Trinajstić information content (AvgIpc) is 2.76. The summed E-state index contributed by atoms with van der Waals surface area (Å²) < 4.78 is 5.34. The van der Waals surface area contributed by atoms with Gasteiger partial charge in [-0.3, -0.25) is 0 Å². The van der Waals surface area contributed by atoms with Crippen molar-refractivity contribution in [1.82, 2.24) is 15.2 Å². The monoisotopic (exact) mass is 197 g/mol. The van der Waals surface area contributed by atoms with Crippen LogP contribution in [0, 0.1) is 0 Å². The summed E-state index contributed by atoms with van der Waals surface area (Å²) in [6, 6.07) is 0.301. The van der Waals surface area contributed by atoms with Crippen LogP contribution in [0.1, 0.15) is 19.3 Å². The van der Waals surface area contributed by atoms with Gasteiger partial charge in [0.15, 0.2) is 0 Å². The molecule has 1 aromatic heterocycles. The molecule has 0 amide bonds. The Kier molecular flexibility index (Phi) is 2.53. The van der Waals surface area contributed by atoms with E-state index in [0.29, 0.717) is 17.9 Å². The normalized spacial score (nSPS) is 26.6.